The molecule has 1 atom stereocenters. The molecule has 1 aromatic heterocycles. The average molecular weight is 401 g/mol. The van der Waals surface area contributed by atoms with Gasteiger partial charge in [0.15, 0.2) is 5.82 Å². The molecule has 0 radical (unpaired) electrons. The molecule has 0 N–H and O–H groups in total. The molecule has 1 unspecified atom stereocenters. The van der Waals surface area contributed by atoms with Crippen molar-refractivity contribution in [3.8, 4) is 0 Å². The molecular weight excluding hydrogens is 371 g/mol. The standard InChI is InChI=1S/C21H29FN6O/c1-16-19(25-17(2)21(29)28-13-11-26(3)12-14-28)20(24-15-23-16)27-9-5-4-7-18(22)8-6-10-27/h4,6-7,10,15,18H,5,8-9,11-14H2,1-3H3/b7-4+,10-6+,25-17+. The Morgan fingerprint density at radius 3 is 2.69 bits per heavy atom. The summed E-state index contributed by atoms with van der Waals surface area (Å²) in [6, 6.07) is 0. The van der Waals surface area contributed by atoms with Crippen LogP contribution in [0.25, 0.3) is 0 Å². The predicted octanol–water partition coefficient (Wildman–Crippen LogP) is 2.66. The first kappa shape index (κ1) is 21.1. The zero-order chi connectivity index (χ0) is 20.8. The number of rotatable bonds is 3. The van der Waals surface area contributed by atoms with E-state index in [9.17, 15) is 9.18 Å². The monoisotopic (exact) mass is 400 g/mol. The highest BCUT2D eigenvalue weighted by molar-refractivity contribution is 6.38. The van der Waals surface area contributed by atoms with E-state index in [-0.39, 0.29) is 5.91 Å². The van der Waals surface area contributed by atoms with Crippen molar-refractivity contribution in [1.29, 1.82) is 0 Å². The smallest absolute Gasteiger partial charge is 0.268 e. The van der Waals surface area contributed by atoms with E-state index in [1.807, 2.05) is 29.0 Å². The SMILES string of the molecule is C/C(=N\c1c(C)ncnc1N1/C=C/CC(F)/C=C/CC1)C(=O)N1CCN(C)CC1. The highest BCUT2D eigenvalue weighted by Gasteiger charge is 2.22. The molecule has 1 saturated heterocycles. The minimum absolute atomic E-state index is 0.0597. The lowest BCUT2D eigenvalue weighted by Crippen LogP contribution is -2.48. The summed E-state index contributed by atoms with van der Waals surface area (Å²) < 4.78 is 13.7. The molecule has 2 aliphatic rings. The van der Waals surface area contributed by atoms with Gasteiger partial charge < -0.3 is 14.7 Å². The van der Waals surface area contributed by atoms with Crippen molar-refractivity contribution in [2.24, 2.45) is 4.99 Å². The number of aromatic nitrogens is 2. The Hall–Kier alpha value is -2.61. The summed E-state index contributed by atoms with van der Waals surface area (Å²) in [5.74, 6) is 0.570. The summed E-state index contributed by atoms with van der Waals surface area (Å²) in [4.78, 5) is 32.2. The Labute approximate surface area is 171 Å². The van der Waals surface area contributed by atoms with Crippen molar-refractivity contribution in [1.82, 2.24) is 19.8 Å². The predicted molar refractivity (Wildman–Crippen MR) is 113 cm³/mol. The van der Waals surface area contributed by atoms with E-state index in [1.54, 1.807) is 19.1 Å². The fraction of sp³-hybridized carbons (Fsp3) is 0.524. The molecule has 156 valence electrons. The second kappa shape index (κ2) is 9.73. The molecular formula is C21H29FN6O. The van der Waals surface area contributed by atoms with Crippen LogP contribution in [-0.2, 0) is 4.79 Å². The summed E-state index contributed by atoms with van der Waals surface area (Å²) in [5, 5.41) is 0. The van der Waals surface area contributed by atoms with Crippen LogP contribution in [0, 0.1) is 6.92 Å². The van der Waals surface area contributed by atoms with Crippen molar-refractivity contribution >= 4 is 23.1 Å². The molecule has 8 heteroatoms. The third kappa shape index (κ3) is 5.47. The molecule has 0 spiro atoms. The van der Waals surface area contributed by atoms with E-state index in [1.165, 1.54) is 6.33 Å². The van der Waals surface area contributed by atoms with Gasteiger partial charge in [0.2, 0.25) is 0 Å². The van der Waals surface area contributed by atoms with Gasteiger partial charge in [-0.25, -0.2) is 19.4 Å². The number of carbonyl (C=O) groups excluding carboxylic acids is 1. The Balaban J connectivity index is 1.86. The van der Waals surface area contributed by atoms with E-state index in [4.69, 9.17) is 0 Å². The number of piperazine rings is 1. The van der Waals surface area contributed by atoms with Gasteiger partial charge in [-0.3, -0.25) is 4.79 Å². The first-order valence-electron chi connectivity index (χ1n) is 10.0. The van der Waals surface area contributed by atoms with Gasteiger partial charge in [-0.15, -0.1) is 0 Å². The molecule has 2 aliphatic heterocycles. The quantitative estimate of drug-likeness (QED) is 0.577. The van der Waals surface area contributed by atoms with E-state index in [0.717, 1.165) is 13.1 Å². The van der Waals surface area contributed by atoms with Crippen LogP contribution in [-0.4, -0.2) is 77.3 Å². The molecule has 1 aromatic rings. The van der Waals surface area contributed by atoms with Gasteiger partial charge in [0, 0.05) is 45.3 Å². The lowest BCUT2D eigenvalue weighted by molar-refractivity contribution is -0.125. The lowest BCUT2D eigenvalue weighted by atomic mass is 10.2. The number of aryl methyl sites for hydroxylation is 1. The first-order valence-corrected chi connectivity index (χ1v) is 10.0. The Morgan fingerprint density at radius 2 is 1.93 bits per heavy atom. The normalized spacial score (nSPS) is 23.9. The van der Waals surface area contributed by atoms with Gasteiger partial charge in [-0.05, 0) is 27.3 Å². The minimum Gasteiger partial charge on any atom is -0.335 e. The van der Waals surface area contributed by atoms with Crippen LogP contribution in [0.15, 0.2) is 35.7 Å². The minimum atomic E-state index is -0.973. The molecule has 0 saturated carbocycles. The fourth-order valence-electron chi connectivity index (χ4n) is 3.35. The van der Waals surface area contributed by atoms with E-state index in [2.05, 4.69) is 26.9 Å². The number of likely N-dealkylation sites (N-methyl/N-ethyl adjacent to an activating group) is 1. The highest BCUT2D eigenvalue weighted by Crippen LogP contribution is 2.30. The molecule has 29 heavy (non-hydrogen) atoms. The second-order valence-electron chi connectivity index (χ2n) is 7.47. The Bertz CT molecular complexity index is 813. The molecule has 7 nitrogen and oxygen atoms in total. The molecule has 1 fully saturated rings. The number of aliphatic imine (C=N–C) groups is 1. The number of allylic oxidation sites excluding steroid dienone is 2. The molecule has 3 rings (SSSR count). The number of hydrogen-bond acceptors (Lipinski definition) is 6. The highest BCUT2D eigenvalue weighted by atomic mass is 19.1. The zero-order valence-corrected chi connectivity index (χ0v) is 17.4. The molecule has 3 heterocycles. The van der Waals surface area contributed by atoms with E-state index < -0.39 is 6.17 Å². The maximum atomic E-state index is 13.7. The van der Waals surface area contributed by atoms with E-state index in [0.29, 0.717) is 55.4 Å². The molecule has 1 amide bonds. The topological polar surface area (TPSA) is 64.9 Å². The van der Waals surface area contributed by atoms with Crippen LogP contribution >= 0.6 is 0 Å². The van der Waals surface area contributed by atoms with Crippen molar-refractivity contribution in [2.45, 2.75) is 32.9 Å². The van der Waals surface area contributed by atoms with Crippen molar-refractivity contribution in [3.63, 3.8) is 0 Å². The molecule has 0 bridgehead atoms. The van der Waals surface area contributed by atoms with Gasteiger partial charge in [0.05, 0.1) is 5.69 Å². The maximum Gasteiger partial charge on any atom is 0.268 e. The zero-order valence-electron chi connectivity index (χ0n) is 17.4. The lowest BCUT2D eigenvalue weighted by Gasteiger charge is -2.32. The number of carbonyl (C=O) groups is 1. The average Bonchev–Trinajstić information content (AvgIpc) is 2.81. The van der Waals surface area contributed by atoms with Crippen LogP contribution in [0.3, 0.4) is 0 Å². The number of hydrogen-bond donors (Lipinski definition) is 0. The Morgan fingerprint density at radius 1 is 1.17 bits per heavy atom. The molecule has 0 aliphatic carbocycles. The largest absolute Gasteiger partial charge is 0.335 e. The van der Waals surface area contributed by atoms with Crippen LogP contribution in [0.2, 0.25) is 0 Å². The van der Waals surface area contributed by atoms with Gasteiger partial charge in [-0.1, -0.05) is 18.2 Å². The number of amides is 1. The van der Waals surface area contributed by atoms with Crippen LogP contribution < -0.4 is 4.90 Å². The third-order valence-electron chi connectivity index (χ3n) is 5.17. The van der Waals surface area contributed by atoms with Gasteiger partial charge >= 0.3 is 0 Å². The summed E-state index contributed by atoms with van der Waals surface area (Å²) in [6.45, 7) is 7.36. The third-order valence-corrected chi connectivity index (χ3v) is 5.17. The maximum absolute atomic E-state index is 13.7. The fourth-order valence-corrected chi connectivity index (χ4v) is 3.35. The van der Waals surface area contributed by atoms with Crippen LogP contribution in [0.4, 0.5) is 15.9 Å². The van der Waals surface area contributed by atoms with Crippen LogP contribution in [0.5, 0.6) is 0 Å². The van der Waals surface area contributed by atoms with Crippen molar-refractivity contribution < 1.29 is 9.18 Å². The first-order chi connectivity index (χ1) is 14.0. The van der Waals surface area contributed by atoms with Crippen LogP contribution in [0.1, 0.15) is 25.5 Å². The van der Waals surface area contributed by atoms with Crippen molar-refractivity contribution in [2.75, 3.05) is 44.7 Å². The van der Waals surface area contributed by atoms with Gasteiger partial charge in [0.25, 0.3) is 5.91 Å². The van der Waals surface area contributed by atoms with Gasteiger partial charge in [-0.2, -0.15) is 0 Å². The molecule has 0 aromatic carbocycles. The summed E-state index contributed by atoms with van der Waals surface area (Å²) in [6.07, 6.45) is 8.62. The summed E-state index contributed by atoms with van der Waals surface area (Å²) >= 11 is 0. The number of anilines is 1. The van der Waals surface area contributed by atoms with E-state index >= 15 is 0 Å². The summed E-state index contributed by atoms with van der Waals surface area (Å²) in [7, 11) is 2.05. The van der Waals surface area contributed by atoms with Gasteiger partial charge in [0.1, 0.15) is 23.9 Å². The number of alkyl halides is 1. The number of nitrogens with zero attached hydrogens (tertiary/aromatic N) is 6. The Kier molecular flexibility index (Phi) is 7.09. The number of halogens is 1. The second-order valence-corrected chi connectivity index (χ2v) is 7.47. The van der Waals surface area contributed by atoms with Crippen molar-refractivity contribution in [3.05, 3.63) is 36.4 Å². The summed E-state index contributed by atoms with van der Waals surface area (Å²) in [5.41, 5.74) is 1.70.